The van der Waals surface area contributed by atoms with Crippen LogP contribution in [0.1, 0.15) is 24.8 Å². The Morgan fingerprint density at radius 2 is 1.87 bits per heavy atom. The van der Waals surface area contributed by atoms with Crippen molar-refractivity contribution >= 4 is 40.1 Å². The van der Waals surface area contributed by atoms with Gasteiger partial charge in [0.2, 0.25) is 11.8 Å². The number of hydrogen-bond donors (Lipinski definition) is 1. The largest absolute Gasteiger partial charge is 0.435 e. The first-order valence-electron chi connectivity index (χ1n) is 9.89. The smallest absolute Gasteiger partial charge is 0.387 e. The normalized spacial score (nSPS) is 19.9. The van der Waals surface area contributed by atoms with Gasteiger partial charge in [0.15, 0.2) is 5.17 Å². The van der Waals surface area contributed by atoms with Crippen LogP contribution in [0.15, 0.2) is 53.5 Å². The van der Waals surface area contributed by atoms with Crippen LogP contribution in [0.2, 0.25) is 0 Å². The second kappa shape index (κ2) is 9.05. The first kappa shape index (κ1) is 21.3. The fraction of sp³-hybridized carbons (Fsp3) is 0.318. The van der Waals surface area contributed by atoms with Crippen LogP contribution in [0.3, 0.4) is 0 Å². The molecule has 4 rings (SSSR count). The second-order valence-corrected chi connectivity index (χ2v) is 8.60. The summed E-state index contributed by atoms with van der Waals surface area (Å²) in [5, 5.41) is 2.81. The number of nitrogens with zero attached hydrogens (tertiary/aromatic N) is 2. The summed E-state index contributed by atoms with van der Waals surface area (Å²) < 4.78 is 29.0. The number of aliphatic imine (C=N–C) groups is 1. The molecule has 31 heavy (non-hydrogen) atoms. The number of rotatable bonds is 7. The van der Waals surface area contributed by atoms with Crippen LogP contribution in [0, 0.1) is 6.92 Å². The van der Waals surface area contributed by atoms with Gasteiger partial charge in [0.05, 0.1) is 5.69 Å². The SMILES string of the molecule is Cc1ccc(NC(=O)CC2SC(=Nc3ccc(OC(F)F)cc3)N(C3CC3)C2=O)cc1. The zero-order valence-electron chi connectivity index (χ0n) is 16.8. The highest BCUT2D eigenvalue weighted by Crippen LogP contribution is 2.39. The molecule has 2 aromatic rings. The van der Waals surface area contributed by atoms with Crippen molar-refractivity contribution in [1.82, 2.24) is 4.90 Å². The molecule has 1 atom stereocenters. The van der Waals surface area contributed by atoms with Crippen molar-refractivity contribution in [2.45, 2.75) is 44.1 Å². The summed E-state index contributed by atoms with van der Waals surface area (Å²) in [5.74, 6) is -0.318. The van der Waals surface area contributed by atoms with E-state index < -0.39 is 11.9 Å². The maximum atomic E-state index is 12.9. The van der Waals surface area contributed by atoms with Crippen LogP contribution in [0.25, 0.3) is 0 Å². The third-order valence-corrected chi connectivity index (χ3v) is 6.02. The number of benzene rings is 2. The number of aryl methyl sites for hydroxylation is 1. The molecule has 1 unspecified atom stereocenters. The molecule has 0 aromatic heterocycles. The molecule has 2 aromatic carbocycles. The quantitative estimate of drug-likeness (QED) is 0.670. The van der Waals surface area contributed by atoms with Gasteiger partial charge in [0.1, 0.15) is 11.0 Å². The van der Waals surface area contributed by atoms with Crippen molar-refractivity contribution in [3.05, 3.63) is 54.1 Å². The van der Waals surface area contributed by atoms with Crippen molar-refractivity contribution in [1.29, 1.82) is 0 Å². The monoisotopic (exact) mass is 445 g/mol. The Kier molecular flexibility index (Phi) is 6.22. The highest BCUT2D eigenvalue weighted by atomic mass is 32.2. The Hall–Kier alpha value is -2.94. The van der Waals surface area contributed by atoms with Gasteiger partial charge in [-0.05, 0) is 56.2 Å². The lowest BCUT2D eigenvalue weighted by atomic mass is 10.2. The second-order valence-electron chi connectivity index (χ2n) is 7.43. The Morgan fingerprint density at radius 3 is 2.48 bits per heavy atom. The molecule has 9 heteroatoms. The molecule has 1 N–H and O–H groups in total. The summed E-state index contributed by atoms with van der Waals surface area (Å²) in [7, 11) is 0. The van der Waals surface area contributed by atoms with Gasteiger partial charge in [-0.25, -0.2) is 4.99 Å². The minimum absolute atomic E-state index is 0.0406. The highest BCUT2D eigenvalue weighted by molar-refractivity contribution is 8.15. The van der Waals surface area contributed by atoms with E-state index in [-0.39, 0.29) is 30.0 Å². The van der Waals surface area contributed by atoms with Crippen molar-refractivity contribution < 1.29 is 23.1 Å². The number of nitrogens with one attached hydrogen (secondary N) is 1. The van der Waals surface area contributed by atoms with Gasteiger partial charge in [0, 0.05) is 18.2 Å². The van der Waals surface area contributed by atoms with E-state index in [1.807, 2.05) is 31.2 Å². The third-order valence-electron chi connectivity index (χ3n) is 4.87. The van der Waals surface area contributed by atoms with E-state index in [1.165, 1.54) is 23.9 Å². The van der Waals surface area contributed by atoms with Gasteiger partial charge >= 0.3 is 6.61 Å². The average Bonchev–Trinajstić information content (AvgIpc) is 3.51. The van der Waals surface area contributed by atoms with Crippen LogP contribution in [0.4, 0.5) is 20.2 Å². The number of hydrogen-bond acceptors (Lipinski definition) is 5. The Labute approximate surface area is 182 Å². The average molecular weight is 445 g/mol. The maximum Gasteiger partial charge on any atom is 0.387 e. The van der Waals surface area contributed by atoms with Gasteiger partial charge in [-0.3, -0.25) is 14.5 Å². The third kappa shape index (κ3) is 5.41. The van der Waals surface area contributed by atoms with E-state index in [1.54, 1.807) is 17.0 Å². The molecule has 0 radical (unpaired) electrons. The van der Waals surface area contributed by atoms with Gasteiger partial charge in [-0.15, -0.1) is 0 Å². The van der Waals surface area contributed by atoms with E-state index >= 15 is 0 Å². The molecule has 1 heterocycles. The molecule has 1 aliphatic heterocycles. The molecule has 1 saturated carbocycles. The summed E-state index contributed by atoms with van der Waals surface area (Å²) in [4.78, 5) is 31.6. The number of amides is 2. The van der Waals surface area contributed by atoms with Crippen LogP contribution >= 0.6 is 11.8 Å². The first-order valence-corrected chi connectivity index (χ1v) is 10.8. The van der Waals surface area contributed by atoms with Crippen LogP contribution in [-0.4, -0.2) is 39.8 Å². The Bertz CT molecular complexity index is 992. The number of ether oxygens (including phenoxy) is 1. The van der Waals surface area contributed by atoms with E-state index in [0.29, 0.717) is 16.5 Å². The molecule has 1 saturated heterocycles. The molecule has 2 aliphatic rings. The minimum atomic E-state index is -2.89. The zero-order chi connectivity index (χ0) is 22.0. The van der Waals surface area contributed by atoms with E-state index in [0.717, 1.165) is 18.4 Å². The van der Waals surface area contributed by atoms with Crippen LogP contribution in [-0.2, 0) is 9.59 Å². The Balaban J connectivity index is 1.45. The number of carbonyl (C=O) groups is 2. The summed E-state index contributed by atoms with van der Waals surface area (Å²) in [6.07, 6.45) is 1.84. The molecule has 6 nitrogen and oxygen atoms in total. The molecule has 0 spiro atoms. The molecule has 162 valence electrons. The van der Waals surface area contributed by atoms with Gasteiger partial charge in [0.25, 0.3) is 0 Å². The number of halogens is 2. The van der Waals surface area contributed by atoms with Crippen molar-refractivity contribution in [2.24, 2.45) is 4.99 Å². The lowest BCUT2D eigenvalue weighted by molar-refractivity contribution is -0.128. The lowest BCUT2D eigenvalue weighted by Gasteiger charge is -2.15. The predicted octanol–water partition coefficient (Wildman–Crippen LogP) is 4.72. The van der Waals surface area contributed by atoms with Crippen LogP contribution < -0.4 is 10.1 Å². The lowest BCUT2D eigenvalue weighted by Crippen LogP contribution is -2.35. The number of carbonyl (C=O) groups excluding carboxylic acids is 2. The van der Waals surface area contributed by atoms with E-state index in [9.17, 15) is 18.4 Å². The summed E-state index contributed by atoms with van der Waals surface area (Å²) in [6.45, 7) is -0.927. The van der Waals surface area contributed by atoms with Crippen molar-refractivity contribution in [3.63, 3.8) is 0 Å². The fourth-order valence-electron chi connectivity index (χ4n) is 3.19. The number of amidine groups is 1. The van der Waals surface area contributed by atoms with Crippen molar-refractivity contribution in [2.75, 3.05) is 5.32 Å². The predicted molar refractivity (Wildman–Crippen MR) is 116 cm³/mol. The van der Waals surface area contributed by atoms with Gasteiger partial charge < -0.3 is 10.1 Å². The number of alkyl halides is 2. The summed E-state index contributed by atoms with van der Waals surface area (Å²) in [6, 6.07) is 13.5. The molecular weight excluding hydrogens is 424 g/mol. The first-order chi connectivity index (χ1) is 14.9. The molecule has 1 aliphatic carbocycles. The van der Waals surface area contributed by atoms with E-state index in [2.05, 4.69) is 15.0 Å². The Morgan fingerprint density at radius 1 is 1.19 bits per heavy atom. The molecule has 2 fully saturated rings. The number of thioether (sulfide) groups is 1. The van der Waals surface area contributed by atoms with Gasteiger partial charge in [-0.1, -0.05) is 29.5 Å². The standard InChI is InChI=1S/C22H21F2N3O3S/c1-13-2-4-14(5-3-13)25-19(28)12-18-20(29)27(16-8-9-16)22(31-18)26-15-6-10-17(11-7-15)30-21(23)24/h2-7,10-11,16,18,21H,8-9,12H2,1H3,(H,25,28). The molecule has 0 bridgehead atoms. The van der Waals surface area contributed by atoms with E-state index in [4.69, 9.17) is 0 Å². The topological polar surface area (TPSA) is 71.0 Å². The maximum absolute atomic E-state index is 12.9. The highest BCUT2D eigenvalue weighted by Gasteiger charge is 2.46. The molecular formula is C22H21F2N3O3S. The minimum Gasteiger partial charge on any atom is -0.435 e. The molecule has 2 amide bonds. The summed E-state index contributed by atoms with van der Waals surface area (Å²) in [5.41, 5.74) is 2.30. The van der Waals surface area contributed by atoms with Crippen LogP contribution in [0.5, 0.6) is 5.75 Å². The fourth-order valence-corrected chi connectivity index (χ4v) is 4.41. The summed E-state index contributed by atoms with van der Waals surface area (Å²) >= 11 is 1.26. The van der Waals surface area contributed by atoms with Gasteiger partial charge in [-0.2, -0.15) is 8.78 Å². The van der Waals surface area contributed by atoms with Crippen molar-refractivity contribution in [3.8, 4) is 5.75 Å². The zero-order valence-corrected chi connectivity index (χ0v) is 17.6. The number of anilines is 1.